The van der Waals surface area contributed by atoms with E-state index in [9.17, 15) is 4.79 Å². The third-order valence-corrected chi connectivity index (χ3v) is 1.41. The van der Waals surface area contributed by atoms with Gasteiger partial charge in [-0.3, -0.25) is 4.79 Å². The summed E-state index contributed by atoms with van der Waals surface area (Å²) in [6.07, 6.45) is 0. The Balaban J connectivity index is 3.46. The molecule has 10 heavy (non-hydrogen) atoms. The lowest BCUT2D eigenvalue weighted by molar-refractivity contribution is 0.880. The van der Waals surface area contributed by atoms with Crippen LogP contribution in [0.15, 0.2) is 16.9 Å². The van der Waals surface area contributed by atoms with Crippen LogP contribution in [0.4, 0.5) is 0 Å². The maximum Gasteiger partial charge on any atom is 0.269 e. The Bertz CT molecular complexity index is 301. The second-order valence-electron chi connectivity index (χ2n) is 2.38. The van der Waals surface area contributed by atoms with Crippen molar-refractivity contribution < 1.29 is 0 Å². The maximum atomic E-state index is 10.9. The fourth-order valence-electron chi connectivity index (χ4n) is 0.879. The van der Waals surface area contributed by atoms with Crippen LogP contribution in [0.1, 0.15) is 11.3 Å². The van der Waals surface area contributed by atoms with Gasteiger partial charge in [0.05, 0.1) is 0 Å². The van der Waals surface area contributed by atoms with Gasteiger partial charge >= 0.3 is 0 Å². The van der Waals surface area contributed by atoms with Crippen LogP contribution in [0.3, 0.4) is 0 Å². The minimum atomic E-state index is -0.155. The second-order valence-corrected chi connectivity index (χ2v) is 2.38. The largest absolute Gasteiger partial charge is 0.336 e. The van der Waals surface area contributed by atoms with E-state index in [0.717, 1.165) is 15.9 Å². The van der Waals surface area contributed by atoms with Crippen molar-refractivity contribution in [1.82, 2.24) is 4.68 Å². The Morgan fingerprint density at radius 1 is 1.40 bits per heavy atom. The van der Waals surface area contributed by atoms with Crippen LogP contribution < -0.4 is 11.4 Å². The fourth-order valence-corrected chi connectivity index (χ4v) is 0.879. The number of hydrogen-bond acceptors (Lipinski definition) is 2. The van der Waals surface area contributed by atoms with Crippen LogP contribution in [0.25, 0.3) is 0 Å². The van der Waals surface area contributed by atoms with E-state index in [4.69, 9.17) is 5.84 Å². The summed E-state index contributed by atoms with van der Waals surface area (Å²) in [7, 11) is 0. The third-order valence-electron chi connectivity index (χ3n) is 1.41. The molecule has 54 valence electrons. The van der Waals surface area contributed by atoms with E-state index in [1.54, 1.807) is 6.92 Å². The summed E-state index contributed by atoms with van der Waals surface area (Å²) in [6, 6.07) is 3.37. The molecule has 0 amide bonds. The van der Waals surface area contributed by atoms with Crippen LogP contribution in [0.2, 0.25) is 0 Å². The molecule has 1 aromatic rings. The predicted octanol–water partition coefficient (Wildman–Crippen LogP) is 0.179. The van der Waals surface area contributed by atoms with Crippen molar-refractivity contribution in [3.8, 4) is 0 Å². The molecule has 0 aliphatic carbocycles. The van der Waals surface area contributed by atoms with Gasteiger partial charge in [-0.25, -0.2) is 4.68 Å². The Kier molecular flexibility index (Phi) is 1.49. The first-order chi connectivity index (χ1) is 4.61. The molecule has 0 spiro atoms. The van der Waals surface area contributed by atoms with E-state index in [0.29, 0.717) is 0 Å². The Labute approximate surface area is 59.1 Å². The van der Waals surface area contributed by atoms with Crippen LogP contribution in [0.5, 0.6) is 0 Å². The number of hydrogen-bond donors (Lipinski definition) is 1. The summed E-state index contributed by atoms with van der Waals surface area (Å²) in [5.74, 6) is 5.35. The molecule has 0 aromatic carbocycles. The van der Waals surface area contributed by atoms with Gasteiger partial charge in [-0.2, -0.15) is 0 Å². The minimum Gasteiger partial charge on any atom is -0.336 e. The Morgan fingerprint density at radius 3 is 2.50 bits per heavy atom. The topological polar surface area (TPSA) is 48.0 Å². The molecule has 3 heteroatoms. The quantitative estimate of drug-likeness (QED) is 0.520. The summed E-state index contributed by atoms with van der Waals surface area (Å²) in [6.45, 7) is 3.67. The normalized spacial score (nSPS) is 9.80. The van der Waals surface area contributed by atoms with Gasteiger partial charge in [-0.05, 0) is 25.5 Å². The summed E-state index contributed by atoms with van der Waals surface area (Å²) in [5.41, 5.74) is 1.58. The van der Waals surface area contributed by atoms with Crippen molar-refractivity contribution in [2.24, 2.45) is 0 Å². The molecule has 0 aliphatic rings. The van der Waals surface area contributed by atoms with Crippen molar-refractivity contribution in [3.63, 3.8) is 0 Å². The lowest BCUT2D eigenvalue weighted by Gasteiger charge is -2.01. The SMILES string of the molecule is Cc1cc(C)n(N)c(=O)c1. The number of aromatic nitrogens is 1. The van der Waals surface area contributed by atoms with Crippen molar-refractivity contribution in [3.05, 3.63) is 33.7 Å². The highest BCUT2D eigenvalue weighted by atomic mass is 16.1. The second kappa shape index (κ2) is 2.17. The summed E-state index contributed by atoms with van der Waals surface area (Å²) >= 11 is 0. The van der Waals surface area contributed by atoms with Gasteiger partial charge in [0.2, 0.25) is 0 Å². The van der Waals surface area contributed by atoms with Gasteiger partial charge in [-0.15, -0.1) is 0 Å². The van der Waals surface area contributed by atoms with Gasteiger partial charge in [0.15, 0.2) is 0 Å². The molecule has 0 saturated heterocycles. The average Bonchev–Trinajstić information content (AvgIpc) is 1.82. The molecule has 0 unspecified atom stereocenters. The third kappa shape index (κ3) is 1.03. The van der Waals surface area contributed by atoms with E-state index >= 15 is 0 Å². The fraction of sp³-hybridized carbons (Fsp3) is 0.286. The van der Waals surface area contributed by atoms with Crippen molar-refractivity contribution in [2.75, 3.05) is 5.84 Å². The smallest absolute Gasteiger partial charge is 0.269 e. The van der Waals surface area contributed by atoms with Crippen molar-refractivity contribution in [2.45, 2.75) is 13.8 Å². The Morgan fingerprint density at radius 2 is 2.00 bits per heavy atom. The lowest BCUT2D eigenvalue weighted by atomic mass is 10.2. The van der Waals surface area contributed by atoms with Gasteiger partial charge in [-0.1, -0.05) is 0 Å². The number of pyridine rings is 1. The van der Waals surface area contributed by atoms with E-state index < -0.39 is 0 Å². The van der Waals surface area contributed by atoms with Crippen molar-refractivity contribution >= 4 is 0 Å². The van der Waals surface area contributed by atoms with Gasteiger partial charge in [0, 0.05) is 11.8 Å². The van der Waals surface area contributed by atoms with Crippen LogP contribution in [-0.4, -0.2) is 4.68 Å². The molecule has 1 aromatic heterocycles. The molecule has 0 fully saturated rings. The first kappa shape index (κ1) is 6.86. The number of aryl methyl sites for hydroxylation is 2. The van der Waals surface area contributed by atoms with Crippen LogP contribution in [-0.2, 0) is 0 Å². The van der Waals surface area contributed by atoms with E-state index in [1.165, 1.54) is 6.07 Å². The zero-order valence-electron chi connectivity index (χ0n) is 6.09. The zero-order valence-corrected chi connectivity index (χ0v) is 6.09. The highest BCUT2D eigenvalue weighted by Gasteiger charge is 1.94. The molecule has 1 rings (SSSR count). The highest BCUT2D eigenvalue weighted by Crippen LogP contribution is 1.94. The van der Waals surface area contributed by atoms with E-state index in [-0.39, 0.29) is 5.56 Å². The number of nitrogen functional groups attached to an aromatic ring is 1. The average molecular weight is 138 g/mol. The molecule has 0 radical (unpaired) electrons. The molecule has 2 N–H and O–H groups in total. The van der Waals surface area contributed by atoms with E-state index in [1.807, 2.05) is 13.0 Å². The summed E-state index contributed by atoms with van der Waals surface area (Å²) in [4.78, 5) is 10.9. The monoisotopic (exact) mass is 138 g/mol. The van der Waals surface area contributed by atoms with Crippen LogP contribution in [0, 0.1) is 13.8 Å². The molecule has 0 atom stereocenters. The molecule has 0 bridgehead atoms. The minimum absolute atomic E-state index is 0.155. The predicted molar refractivity (Wildman–Crippen MR) is 40.3 cm³/mol. The first-order valence-electron chi connectivity index (χ1n) is 3.06. The van der Waals surface area contributed by atoms with Gasteiger partial charge < -0.3 is 5.84 Å². The van der Waals surface area contributed by atoms with Gasteiger partial charge in [0.25, 0.3) is 5.56 Å². The zero-order chi connectivity index (χ0) is 7.72. The molecular weight excluding hydrogens is 128 g/mol. The molecular formula is C7H10N2O. The standard InChI is InChI=1S/C7H10N2O/c1-5-3-6(2)9(8)7(10)4-5/h3-4H,8H2,1-2H3. The summed E-state index contributed by atoms with van der Waals surface area (Å²) in [5, 5.41) is 0. The summed E-state index contributed by atoms with van der Waals surface area (Å²) < 4.78 is 1.13. The molecule has 0 aliphatic heterocycles. The number of nitrogens with two attached hydrogens (primary N) is 1. The number of nitrogens with zero attached hydrogens (tertiary/aromatic N) is 1. The molecule has 1 heterocycles. The Hall–Kier alpha value is -1.25. The molecule has 3 nitrogen and oxygen atoms in total. The van der Waals surface area contributed by atoms with Crippen molar-refractivity contribution in [1.29, 1.82) is 0 Å². The first-order valence-corrected chi connectivity index (χ1v) is 3.06. The number of rotatable bonds is 0. The van der Waals surface area contributed by atoms with Gasteiger partial charge in [0.1, 0.15) is 0 Å². The van der Waals surface area contributed by atoms with E-state index in [2.05, 4.69) is 0 Å². The lowest BCUT2D eigenvalue weighted by Crippen LogP contribution is -2.28. The highest BCUT2D eigenvalue weighted by molar-refractivity contribution is 5.14. The molecule has 0 saturated carbocycles. The van der Waals surface area contributed by atoms with Crippen LogP contribution >= 0.6 is 0 Å². The maximum absolute atomic E-state index is 10.9.